The molecule has 0 radical (unpaired) electrons. The first-order valence-electron chi connectivity index (χ1n) is 6.37. The molecule has 0 spiro atoms. The average molecular weight is 385 g/mol. The van der Waals surface area contributed by atoms with Crippen LogP contribution in [0.3, 0.4) is 0 Å². The van der Waals surface area contributed by atoms with Gasteiger partial charge in [0.1, 0.15) is 5.15 Å². The molecule has 0 aliphatic carbocycles. The first-order chi connectivity index (χ1) is 11.0. The van der Waals surface area contributed by atoms with E-state index in [9.17, 15) is 4.79 Å². The van der Waals surface area contributed by atoms with Crippen molar-refractivity contribution in [1.29, 1.82) is 0 Å². The lowest BCUT2D eigenvalue weighted by Crippen LogP contribution is -2.12. The smallest absolute Gasteiger partial charge is 0.260 e. The van der Waals surface area contributed by atoms with E-state index in [-0.39, 0.29) is 16.6 Å². The van der Waals surface area contributed by atoms with E-state index >= 15 is 0 Å². The number of hydrogen-bond acceptors (Lipinski definition) is 4. The third-order valence-electron chi connectivity index (χ3n) is 2.93. The molecule has 0 saturated heterocycles. The number of halogens is 3. The molecule has 3 rings (SSSR count). The van der Waals surface area contributed by atoms with Crippen molar-refractivity contribution >= 4 is 57.2 Å². The maximum Gasteiger partial charge on any atom is 0.260 e. The number of amides is 1. The summed E-state index contributed by atoms with van der Waals surface area (Å²) in [5.41, 5.74) is 1.62. The normalized spacial score (nSPS) is 10.6. The number of nitrogens with one attached hydrogen (secondary N) is 1. The second-order valence-corrected chi connectivity index (χ2v) is 6.52. The van der Waals surface area contributed by atoms with Crippen LogP contribution in [0.15, 0.2) is 41.9 Å². The second-order valence-electron chi connectivity index (χ2n) is 4.46. The molecule has 0 aliphatic rings. The van der Waals surface area contributed by atoms with Crippen LogP contribution in [0, 0.1) is 0 Å². The number of hydrogen-bond donors (Lipinski definition) is 1. The molecule has 2 aromatic heterocycles. The quantitative estimate of drug-likeness (QED) is 0.614. The van der Waals surface area contributed by atoms with Crippen molar-refractivity contribution in [2.75, 3.05) is 5.32 Å². The minimum absolute atomic E-state index is 0.139. The van der Waals surface area contributed by atoms with Crippen molar-refractivity contribution in [3.8, 4) is 11.3 Å². The molecular weight excluding hydrogens is 377 g/mol. The molecule has 4 nitrogen and oxygen atoms in total. The summed E-state index contributed by atoms with van der Waals surface area (Å²) in [6.45, 7) is 0. The van der Waals surface area contributed by atoms with Gasteiger partial charge in [0.25, 0.3) is 5.91 Å². The van der Waals surface area contributed by atoms with Crippen molar-refractivity contribution in [2.45, 2.75) is 0 Å². The van der Waals surface area contributed by atoms with Gasteiger partial charge >= 0.3 is 0 Å². The standard InChI is InChI=1S/C15H8Cl3N3OS/c16-8-3-4-11(17)10(6-8)12-7-23-15(20-12)21-14(22)9-2-1-5-19-13(9)18/h1-7H,(H,20,21,22). The largest absolute Gasteiger partial charge is 0.298 e. The molecule has 2 heterocycles. The van der Waals surface area contributed by atoms with Crippen LogP contribution in [0.4, 0.5) is 5.13 Å². The average Bonchev–Trinajstić information content (AvgIpc) is 2.98. The molecule has 0 saturated carbocycles. The monoisotopic (exact) mass is 383 g/mol. The fourth-order valence-electron chi connectivity index (χ4n) is 1.87. The molecule has 3 aromatic rings. The fraction of sp³-hybridized carbons (Fsp3) is 0. The fourth-order valence-corrected chi connectivity index (χ4v) is 3.17. The molecule has 1 aromatic carbocycles. The van der Waals surface area contributed by atoms with Gasteiger partial charge in [0.15, 0.2) is 5.13 Å². The molecule has 1 amide bonds. The number of anilines is 1. The summed E-state index contributed by atoms with van der Waals surface area (Å²) < 4.78 is 0. The topological polar surface area (TPSA) is 54.9 Å². The predicted molar refractivity (Wildman–Crippen MR) is 94.8 cm³/mol. The molecular formula is C15H8Cl3N3OS. The summed E-state index contributed by atoms with van der Waals surface area (Å²) in [6.07, 6.45) is 1.52. The summed E-state index contributed by atoms with van der Waals surface area (Å²) in [5, 5.41) is 6.15. The lowest BCUT2D eigenvalue weighted by molar-refractivity contribution is 0.102. The highest BCUT2D eigenvalue weighted by atomic mass is 35.5. The molecule has 0 bridgehead atoms. The Kier molecular flexibility index (Phi) is 4.82. The number of carbonyl (C=O) groups is 1. The number of thiazole rings is 1. The molecule has 0 unspecified atom stereocenters. The Morgan fingerprint density at radius 3 is 2.78 bits per heavy atom. The Hall–Kier alpha value is -1.66. The Labute approximate surface area is 151 Å². The van der Waals surface area contributed by atoms with Crippen LogP contribution in [0.2, 0.25) is 15.2 Å². The number of benzene rings is 1. The van der Waals surface area contributed by atoms with E-state index in [4.69, 9.17) is 34.8 Å². The highest BCUT2D eigenvalue weighted by molar-refractivity contribution is 7.14. The minimum Gasteiger partial charge on any atom is -0.298 e. The number of aromatic nitrogens is 2. The summed E-state index contributed by atoms with van der Waals surface area (Å²) in [6, 6.07) is 8.36. The SMILES string of the molecule is O=C(Nc1nc(-c2cc(Cl)ccc2Cl)cs1)c1cccnc1Cl. The Balaban J connectivity index is 1.84. The summed E-state index contributed by atoms with van der Waals surface area (Å²) in [4.78, 5) is 20.4. The van der Waals surface area contributed by atoms with Crippen molar-refractivity contribution in [2.24, 2.45) is 0 Å². The number of nitrogens with zero attached hydrogens (tertiary/aromatic N) is 2. The van der Waals surface area contributed by atoms with Gasteiger partial charge in [-0.15, -0.1) is 11.3 Å². The van der Waals surface area contributed by atoms with E-state index in [1.165, 1.54) is 17.5 Å². The second kappa shape index (κ2) is 6.84. The zero-order valence-corrected chi connectivity index (χ0v) is 14.5. The van der Waals surface area contributed by atoms with E-state index in [2.05, 4.69) is 15.3 Å². The van der Waals surface area contributed by atoms with Crippen LogP contribution in [0.5, 0.6) is 0 Å². The van der Waals surface area contributed by atoms with Crippen LogP contribution in [0.1, 0.15) is 10.4 Å². The van der Waals surface area contributed by atoms with Gasteiger partial charge in [-0.2, -0.15) is 0 Å². The molecule has 0 fully saturated rings. The summed E-state index contributed by atoms with van der Waals surface area (Å²) >= 11 is 19.3. The van der Waals surface area contributed by atoms with E-state index in [0.717, 1.165) is 0 Å². The van der Waals surface area contributed by atoms with Crippen LogP contribution >= 0.6 is 46.1 Å². The molecule has 116 valence electrons. The molecule has 0 aliphatic heterocycles. The zero-order chi connectivity index (χ0) is 16.4. The number of pyridine rings is 1. The number of carbonyl (C=O) groups excluding carboxylic acids is 1. The maximum atomic E-state index is 12.2. The van der Waals surface area contributed by atoms with E-state index in [1.807, 2.05) is 0 Å². The number of rotatable bonds is 3. The molecule has 23 heavy (non-hydrogen) atoms. The lowest BCUT2D eigenvalue weighted by atomic mass is 10.2. The van der Waals surface area contributed by atoms with Gasteiger partial charge in [0.2, 0.25) is 0 Å². The third kappa shape index (κ3) is 3.64. The van der Waals surface area contributed by atoms with Crippen LogP contribution < -0.4 is 5.32 Å². The van der Waals surface area contributed by atoms with Crippen molar-refractivity contribution < 1.29 is 4.79 Å². The first-order valence-corrected chi connectivity index (χ1v) is 8.39. The Morgan fingerprint density at radius 2 is 2.00 bits per heavy atom. The van der Waals surface area contributed by atoms with Gasteiger partial charge in [-0.3, -0.25) is 10.1 Å². The summed E-state index contributed by atoms with van der Waals surface area (Å²) in [5.74, 6) is -0.374. The van der Waals surface area contributed by atoms with Crippen LogP contribution in [-0.4, -0.2) is 15.9 Å². The highest BCUT2D eigenvalue weighted by Gasteiger charge is 2.14. The van der Waals surface area contributed by atoms with Crippen molar-refractivity contribution in [3.63, 3.8) is 0 Å². The van der Waals surface area contributed by atoms with Gasteiger partial charge in [0.05, 0.1) is 16.3 Å². The molecule has 8 heteroatoms. The molecule has 0 atom stereocenters. The lowest BCUT2D eigenvalue weighted by Gasteiger charge is -2.03. The molecule has 1 N–H and O–H groups in total. The summed E-state index contributed by atoms with van der Waals surface area (Å²) in [7, 11) is 0. The van der Waals surface area contributed by atoms with E-state index < -0.39 is 0 Å². The minimum atomic E-state index is -0.374. The van der Waals surface area contributed by atoms with Gasteiger partial charge in [0, 0.05) is 22.2 Å². The predicted octanol–water partition coefficient (Wildman–Crippen LogP) is 5.42. The van der Waals surface area contributed by atoms with Gasteiger partial charge in [-0.1, -0.05) is 34.8 Å². The third-order valence-corrected chi connectivity index (χ3v) is 4.56. The van der Waals surface area contributed by atoms with E-state index in [1.54, 1.807) is 35.7 Å². The highest BCUT2D eigenvalue weighted by Crippen LogP contribution is 2.32. The first kappa shape index (κ1) is 16.2. The van der Waals surface area contributed by atoms with Gasteiger partial charge < -0.3 is 0 Å². The van der Waals surface area contributed by atoms with Crippen LogP contribution in [0.25, 0.3) is 11.3 Å². The zero-order valence-electron chi connectivity index (χ0n) is 11.4. The maximum absolute atomic E-state index is 12.2. The van der Waals surface area contributed by atoms with Crippen molar-refractivity contribution in [1.82, 2.24) is 9.97 Å². The van der Waals surface area contributed by atoms with Crippen LogP contribution in [-0.2, 0) is 0 Å². The van der Waals surface area contributed by atoms with Gasteiger partial charge in [-0.25, -0.2) is 9.97 Å². The van der Waals surface area contributed by atoms with Gasteiger partial charge in [-0.05, 0) is 30.3 Å². The van der Waals surface area contributed by atoms with E-state index in [0.29, 0.717) is 26.4 Å². The Morgan fingerprint density at radius 1 is 1.17 bits per heavy atom. The Bertz CT molecular complexity index is 882. The van der Waals surface area contributed by atoms with Crippen molar-refractivity contribution in [3.05, 3.63) is 62.7 Å².